The van der Waals surface area contributed by atoms with Gasteiger partial charge in [0.2, 0.25) is 0 Å². The Labute approximate surface area is 208 Å². The number of aromatic nitrogens is 2. The number of carbonyl (C=O) groups is 1. The van der Waals surface area contributed by atoms with Gasteiger partial charge >= 0.3 is 0 Å². The van der Waals surface area contributed by atoms with Crippen LogP contribution < -0.4 is 20.1 Å². The van der Waals surface area contributed by atoms with Crippen LogP contribution in [0.4, 0.5) is 11.4 Å². The van der Waals surface area contributed by atoms with Gasteiger partial charge in [-0.2, -0.15) is 0 Å². The molecule has 1 saturated heterocycles. The average molecular weight is 495 g/mol. The van der Waals surface area contributed by atoms with Crippen LogP contribution in [-0.4, -0.2) is 47.8 Å². The smallest absolute Gasteiger partial charge is 0.255 e. The van der Waals surface area contributed by atoms with E-state index < -0.39 is 0 Å². The number of benzene rings is 1. The number of nitrogens with zero attached hydrogens (tertiary/aromatic N) is 1. The van der Waals surface area contributed by atoms with Crippen LogP contribution >= 0.6 is 11.6 Å². The number of hydrogen-bond donors (Lipinski definition) is 3. The van der Waals surface area contributed by atoms with E-state index in [9.17, 15) is 4.79 Å². The average Bonchev–Trinajstić information content (AvgIpc) is 3.17. The largest absolute Gasteiger partial charge is 0.493 e. The zero-order valence-corrected chi connectivity index (χ0v) is 20.4. The monoisotopic (exact) mass is 494 g/mol. The van der Waals surface area contributed by atoms with Gasteiger partial charge in [-0.15, -0.1) is 0 Å². The molecule has 0 spiro atoms. The van der Waals surface area contributed by atoms with Gasteiger partial charge in [0.25, 0.3) is 5.91 Å². The number of pyridine rings is 1. The van der Waals surface area contributed by atoms with Crippen molar-refractivity contribution < 1.29 is 19.0 Å². The van der Waals surface area contributed by atoms with Crippen molar-refractivity contribution in [2.24, 2.45) is 0 Å². The second kappa shape index (κ2) is 8.46. The number of methoxy groups -OCH3 is 1. The van der Waals surface area contributed by atoms with Crippen LogP contribution in [0.3, 0.4) is 0 Å². The third kappa shape index (κ3) is 3.72. The summed E-state index contributed by atoms with van der Waals surface area (Å²) in [5.41, 5.74) is 4.15. The predicted molar refractivity (Wildman–Crippen MR) is 133 cm³/mol. The molecule has 3 N–H and O–H groups in total. The van der Waals surface area contributed by atoms with Crippen LogP contribution in [0.25, 0.3) is 11.3 Å². The van der Waals surface area contributed by atoms with Crippen molar-refractivity contribution in [2.45, 2.75) is 43.7 Å². The maximum absolute atomic E-state index is 13.3. The Morgan fingerprint density at radius 3 is 2.89 bits per heavy atom. The molecule has 3 aromatic rings. The molecule has 1 saturated carbocycles. The maximum atomic E-state index is 13.3. The first-order chi connectivity index (χ1) is 17.0. The summed E-state index contributed by atoms with van der Waals surface area (Å²) in [6, 6.07) is 7.54. The fraction of sp³-hybridized carbons (Fsp3) is 0.385. The Balaban J connectivity index is 1.47. The van der Waals surface area contributed by atoms with Gasteiger partial charge in [0.1, 0.15) is 18.0 Å². The molecule has 1 aliphatic carbocycles. The molecule has 1 aromatic carbocycles. The standard InChI is InChI=1S/C26H27ClN4O4/c1-26(9-11-35-26)13-34-19-12-28-10-8-15(19)22-23(29-18-5-3-4-16(27)24(18)33-2)20-21(31-22)14-6-7-17(14)30-25(20)32/h3-5,8,10,12,14,17,29,31H,6-7,9,11,13H2,1-2H3,(H,30,32)/t14-,17+,26+/m1/s1. The summed E-state index contributed by atoms with van der Waals surface area (Å²) in [4.78, 5) is 21.1. The molecule has 3 aliphatic rings. The lowest BCUT2D eigenvalue weighted by atomic mass is 9.74. The summed E-state index contributed by atoms with van der Waals surface area (Å²) in [6.45, 7) is 3.21. The quantitative estimate of drug-likeness (QED) is 0.426. The molecule has 4 heterocycles. The van der Waals surface area contributed by atoms with Gasteiger partial charge in [-0.05, 0) is 38.0 Å². The molecule has 0 bridgehead atoms. The number of aromatic amines is 1. The predicted octanol–water partition coefficient (Wildman–Crippen LogP) is 5.03. The number of hydrogen-bond acceptors (Lipinski definition) is 6. The molecule has 2 aliphatic heterocycles. The topological polar surface area (TPSA) is 97.5 Å². The van der Waals surface area contributed by atoms with E-state index in [1.807, 2.05) is 25.1 Å². The minimum atomic E-state index is -0.295. The second-order valence-electron chi connectivity index (χ2n) is 9.58. The van der Waals surface area contributed by atoms with Gasteiger partial charge in [0.15, 0.2) is 5.75 Å². The highest BCUT2D eigenvalue weighted by Crippen LogP contribution is 2.49. The Morgan fingerprint density at radius 2 is 2.17 bits per heavy atom. The van der Waals surface area contributed by atoms with Gasteiger partial charge in [0, 0.05) is 35.8 Å². The van der Waals surface area contributed by atoms with E-state index in [-0.39, 0.29) is 23.5 Å². The lowest BCUT2D eigenvalue weighted by molar-refractivity contribution is -0.152. The zero-order chi connectivity index (χ0) is 24.2. The highest BCUT2D eigenvalue weighted by molar-refractivity contribution is 6.32. The highest BCUT2D eigenvalue weighted by atomic mass is 35.5. The summed E-state index contributed by atoms with van der Waals surface area (Å²) < 4.78 is 17.5. The first-order valence-electron chi connectivity index (χ1n) is 11.8. The number of nitrogens with one attached hydrogen (secondary N) is 3. The van der Waals surface area contributed by atoms with E-state index in [1.165, 1.54) is 0 Å². The molecular weight excluding hydrogens is 468 g/mol. The van der Waals surface area contributed by atoms with Crippen LogP contribution in [0, 0.1) is 0 Å². The third-order valence-corrected chi connectivity index (χ3v) is 7.61. The Hall–Kier alpha value is -3.23. The fourth-order valence-electron chi connectivity index (χ4n) is 5.06. The minimum absolute atomic E-state index is 0.0983. The number of ether oxygens (including phenoxy) is 3. The summed E-state index contributed by atoms with van der Waals surface area (Å²) in [6.07, 6.45) is 6.38. The lowest BCUT2D eigenvalue weighted by Crippen LogP contribution is -2.49. The molecule has 182 valence electrons. The molecule has 2 fully saturated rings. The van der Waals surface area contributed by atoms with Crippen LogP contribution in [0.5, 0.6) is 11.5 Å². The van der Waals surface area contributed by atoms with Crippen molar-refractivity contribution in [3.05, 3.63) is 52.9 Å². The second-order valence-corrected chi connectivity index (χ2v) is 9.99. The van der Waals surface area contributed by atoms with E-state index in [1.54, 1.807) is 25.6 Å². The Morgan fingerprint density at radius 1 is 1.31 bits per heavy atom. The molecule has 35 heavy (non-hydrogen) atoms. The van der Waals surface area contributed by atoms with Gasteiger partial charge in [0.05, 0.1) is 47.6 Å². The van der Waals surface area contributed by atoms with Crippen molar-refractivity contribution in [3.8, 4) is 22.8 Å². The van der Waals surface area contributed by atoms with E-state index in [2.05, 4.69) is 20.6 Å². The number of fused-ring (bicyclic) bond motifs is 3. The molecule has 0 unspecified atom stereocenters. The molecule has 2 aromatic heterocycles. The van der Waals surface area contributed by atoms with E-state index in [0.717, 1.165) is 42.8 Å². The molecule has 9 heteroatoms. The molecule has 0 radical (unpaired) electrons. The third-order valence-electron chi connectivity index (χ3n) is 7.32. The number of anilines is 2. The van der Waals surface area contributed by atoms with Crippen LogP contribution in [0.1, 0.15) is 48.2 Å². The molecule has 3 atom stereocenters. The highest BCUT2D eigenvalue weighted by Gasteiger charge is 2.43. The number of carbonyl (C=O) groups excluding carboxylic acids is 1. The van der Waals surface area contributed by atoms with Crippen molar-refractivity contribution >= 4 is 28.9 Å². The number of halogens is 1. The normalized spacial score (nSPS) is 24.4. The van der Waals surface area contributed by atoms with Gasteiger partial charge < -0.3 is 29.8 Å². The van der Waals surface area contributed by atoms with Gasteiger partial charge in [-0.1, -0.05) is 17.7 Å². The maximum Gasteiger partial charge on any atom is 0.255 e. The first kappa shape index (κ1) is 22.2. The minimum Gasteiger partial charge on any atom is -0.493 e. The van der Waals surface area contributed by atoms with Crippen LogP contribution in [-0.2, 0) is 4.74 Å². The molecule has 1 amide bonds. The summed E-state index contributed by atoms with van der Waals surface area (Å²) in [5, 5.41) is 7.09. The van der Waals surface area contributed by atoms with Crippen molar-refractivity contribution in [3.63, 3.8) is 0 Å². The zero-order valence-electron chi connectivity index (χ0n) is 19.6. The molecule has 8 nitrogen and oxygen atoms in total. The summed E-state index contributed by atoms with van der Waals surface area (Å²) in [7, 11) is 1.57. The summed E-state index contributed by atoms with van der Waals surface area (Å²) >= 11 is 6.39. The summed E-state index contributed by atoms with van der Waals surface area (Å²) in [5.74, 6) is 1.29. The van der Waals surface area contributed by atoms with Gasteiger partial charge in [-0.3, -0.25) is 9.78 Å². The number of amides is 1. The van der Waals surface area contributed by atoms with E-state index in [4.69, 9.17) is 25.8 Å². The SMILES string of the molecule is COc1c(Cl)cccc1Nc1c(-c2ccncc2OC[C@]2(C)CCO2)[nH]c2c1C(=O)N[C@H]1CC[C@@H]21. The fourth-order valence-corrected chi connectivity index (χ4v) is 5.32. The van der Waals surface area contributed by atoms with Crippen molar-refractivity contribution in [1.29, 1.82) is 0 Å². The van der Waals surface area contributed by atoms with Crippen LogP contribution in [0.15, 0.2) is 36.7 Å². The van der Waals surface area contributed by atoms with Crippen molar-refractivity contribution in [1.82, 2.24) is 15.3 Å². The lowest BCUT2D eigenvalue weighted by Gasteiger charge is -2.40. The Bertz CT molecular complexity index is 1300. The molecule has 6 rings (SSSR count). The van der Waals surface area contributed by atoms with E-state index in [0.29, 0.717) is 40.1 Å². The number of rotatable bonds is 7. The number of para-hydroxylation sites is 1. The van der Waals surface area contributed by atoms with Crippen molar-refractivity contribution in [2.75, 3.05) is 25.6 Å². The first-order valence-corrected chi connectivity index (χ1v) is 12.2. The number of H-pyrrole nitrogens is 1. The van der Waals surface area contributed by atoms with E-state index >= 15 is 0 Å². The van der Waals surface area contributed by atoms with Gasteiger partial charge in [-0.25, -0.2) is 0 Å². The van der Waals surface area contributed by atoms with Crippen LogP contribution in [0.2, 0.25) is 5.02 Å². The molecular formula is C26H27ClN4O4. The Kier molecular flexibility index (Phi) is 5.38.